The molecule has 0 aliphatic heterocycles. The first-order chi connectivity index (χ1) is 9.31. The maximum absolute atomic E-state index is 11.9. The molecule has 0 fully saturated rings. The molecule has 0 unspecified atom stereocenters. The second-order valence-electron chi connectivity index (χ2n) is 4.36. The van der Waals surface area contributed by atoms with Crippen LogP contribution in [-0.2, 0) is 6.42 Å². The van der Waals surface area contributed by atoms with Crippen LogP contribution in [0.5, 0.6) is 5.75 Å². The fraction of sp³-hybridized carbons (Fsp3) is 0.429. The van der Waals surface area contributed by atoms with Crippen molar-refractivity contribution in [3.05, 3.63) is 44.8 Å². The lowest BCUT2D eigenvalue weighted by atomic mass is 10.1. The summed E-state index contributed by atoms with van der Waals surface area (Å²) in [5.74, 6) is 0.674. The van der Waals surface area contributed by atoms with E-state index in [0.717, 1.165) is 25.0 Å². The van der Waals surface area contributed by atoms with Gasteiger partial charge in [0, 0.05) is 18.0 Å². The van der Waals surface area contributed by atoms with E-state index in [1.54, 1.807) is 11.7 Å². The molecule has 2 heterocycles. The predicted octanol–water partition coefficient (Wildman–Crippen LogP) is 2.99. The summed E-state index contributed by atoms with van der Waals surface area (Å²) in [6.45, 7) is 2.81. The molecule has 0 aliphatic carbocycles. The van der Waals surface area contributed by atoms with Gasteiger partial charge in [-0.2, -0.15) is 0 Å². The summed E-state index contributed by atoms with van der Waals surface area (Å²) < 4.78 is 5.72. The van der Waals surface area contributed by atoms with E-state index in [1.807, 2.05) is 11.4 Å². The number of hydrogen-bond acceptors (Lipinski definition) is 4. The molecule has 0 saturated heterocycles. The number of ether oxygens (including phenoxy) is 1. The van der Waals surface area contributed by atoms with Gasteiger partial charge in [-0.05, 0) is 12.5 Å². The Bertz CT molecular complexity index is 549. The van der Waals surface area contributed by atoms with E-state index in [2.05, 4.69) is 16.9 Å². The molecule has 4 nitrogen and oxygen atoms in total. The van der Waals surface area contributed by atoms with Crippen LogP contribution < -0.4 is 10.3 Å². The van der Waals surface area contributed by atoms with E-state index in [0.29, 0.717) is 24.3 Å². The van der Waals surface area contributed by atoms with Crippen molar-refractivity contribution in [2.75, 3.05) is 6.61 Å². The van der Waals surface area contributed by atoms with Crippen molar-refractivity contribution in [1.82, 2.24) is 9.97 Å². The predicted molar refractivity (Wildman–Crippen MR) is 77.0 cm³/mol. The number of nitrogens with one attached hydrogen (secondary N) is 1. The van der Waals surface area contributed by atoms with E-state index in [4.69, 9.17) is 4.74 Å². The molecule has 19 heavy (non-hydrogen) atoms. The second kappa shape index (κ2) is 7.09. The van der Waals surface area contributed by atoms with Gasteiger partial charge in [0.25, 0.3) is 5.56 Å². The van der Waals surface area contributed by atoms with Gasteiger partial charge in [-0.1, -0.05) is 19.8 Å². The number of thiazole rings is 1. The highest BCUT2D eigenvalue weighted by Crippen LogP contribution is 2.18. The topological polar surface area (TPSA) is 55.0 Å². The summed E-state index contributed by atoms with van der Waals surface area (Å²) in [7, 11) is 0. The van der Waals surface area contributed by atoms with Gasteiger partial charge in [0.1, 0.15) is 5.75 Å². The number of aromatic nitrogens is 2. The van der Waals surface area contributed by atoms with Crippen molar-refractivity contribution in [2.45, 2.75) is 32.6 Å². The average Bonchev–Trinajstić information content (AvgIpc) is 2.91. The third-order valence-corrected chi connectivity index (χ3v) is 3.50. The molecule has 2 aromatic rings. The van der Waals surface area contributed by atoms with Crippen LogP contribution >= 0.6 is 11.3 Å². The van der Waals surface area contributed by atoms with Crippen molar-refractivity contribution in [1.29, 1.82) is 0 Å². The number of unbranched alkanes of at least 4 members (excludes halogenated alkanes) is 2. The molecule has 0 atom stereocenters. The van der Waals surface area contributed by atoms with Crippen molar-refractivity contribution in [3.63, 3.8) is 0 Å². The van der Waals surface area contributed by atoms with Gasteiger partial charge in [0.05, 0.1) is 23.4 Å². The Morgan fingerprint density at radius 1 is 1.42 bits per heavy atom. The highest BCUT2D eigenvalue weighted by molar-refractivity contribution is 7.07. The van der Waals surface area contributed by atoms with Crippen molar-refractivity contribution >= 4 is 11.3 Å². The van der Waals surface area contributed by atoms with Crippen LogP contribution in [0.1, 0.15) is 37.4 Å². The number of pyridine rings is 1. The summed E-state index contributed by atoms with van der Waals surface area (Å²) >= 11 is 1.53. The first-order valence-electron chi connectivity index (χ1n) is 6.51. The van der Waals surface area contributed by atoms with Crippen LogP contribution in [0.4, 0.5) is 0 Å². The molecule has 1 N–H and O–H groups in total. The van der Waals surface area contributed by atoms with Gasteiger partial charge < -0.3 is 9.72 Å². The molecular weight excluding hydrogens is 260 g/mol. The summed E-state index contributed by atoms with van der Waals surface area (Å²) in [5, 5.41) is 1.95. The number of rotatable bonds is 7. The highest BCUT2D eigenvalue weighted by atomic mass is 32.1. The highest BCUT2D eigenvalue weighted by Gasteiger charge is 2.10. The zero-order valence-corrected chi connectivity index (χ0v) is 11.8. The van der Waals surface area contributed by atoms with Crippen LogP contribution in [0.3, 0.4) is 0 Å². The summed E-state index contributed by atoms with van der Waals surface area (Å²) in [4.78, 5) is 18.8. The molecule has 2 rings (SSSR count). The third-order valence-electron chi connectivity index (χ3n) is 2.87. The Balaban J connectivity index is 2.09. The first-order valence-corrected chi connectivity index (χ1v) is 7.46. The van der Waals surface area contributed by atoms with Gasteiger partial charge in [-0.3, -0.25) is 4.79 Å². The molecule has 0 radical (unpaired) electrons. The van der Waals surface area contributed by atoms with Crippen LogP contribution in [-0.4, -0.2) is 16.6 Å². The van der Waals surface area contributed by atoms with Gasteiger partial charge in [0.15, 0.2) is 0 Å². The van der Waals surface area contributed by atoms with Crippen LogP contribution in [0.2, 0.25) is 0 Å². The lowest BCUT2D eigenvalue weighted by Crippen LogP contribution is -2.15. The normalized spacial score (nSPS) is 10.6. The zero-order valence-electron chi connectivity index (χ0n) is 11.0. The van der Waals surface area contributed by atoms with E-state index in [1.165, 1.54) is 11.3 Å². The number of nitrogens with zero attached hydrogens (tertiary/aromatic N) is 1. The largest absolute Gasteiger partial charge is 0.493 e. The fourth-order valence-corrected chi connectivity index (χ4v) is 2.39. The Kier molecular flexibility index (Phi) is 5.15. The minimum Gasteiger partial charge on any atom is -0.493 e. The smallest absolute Gasteiger partial charge is 0.255 e. The number of hydrogen-bond donors (Lipinski definition) is 1. The SMILES string of the molecule is CCCCCOc1cc[nH]c(=O)c1Cc1cscn1. The second-order valence-corrected chi connectivity index (χ2v) is 5.08. The van der Waals surface area contributed by atoms with Crippen molar-refractivity contribution in [2.24, 2.45) is 0 Å². The van der Waals surface area contributed by atoms with Gasteiger partial charge in [-0.15, -0.1) is 11.3 Å². The molecule has 0 amide bonds. The Hall–Kier alpha value is -1.62. The molecule has 0 spiro atoms. The van der Waals surface area contributed by atoms with Crippen molar-refractivity contribution in [3.8, 4) is 5.75 Å². The molecule has 0 aromatic carbocycles. The lowest BCUT2D eigenvalue weighted by molar-refractivity contribution is 0.303. The Morgan fingerprint density at radius 2 is 2.32 bits per heavy atom. The standard InChI is InChI=1S/C14H18N2O2S/c1-2-3-4-7-18-13-5-6-15-14(17)12(13)8-11-9-19-10-16-11/h5-6,9-10H,2-4,7-8H2,1H3,(H,15,17). The molecule has 102 valence electrons. The van der Waals surface area contributed by atoms with E-state index in [-0.39, 0.29) is 5.56 Å². The van der Waals surface area contributed by atoms with Crippen LogP contribution in [0.15, 0.2) is 27.9 Å². The fourth-order valence-electron chi connectivity index (χ4n) is 1.84. The summed E-state index contributed by atoms with van der Waals surface area (Å²) in [6, 6.07) is 1.81. The summed E-state index contributed by atoms with van der Waals surface area (Å²) in [5.41, 5.74) is 3.24. The van der Waals surface area contributed by atoms with Crippen molar-refractivity contribution < 1.29 is 4.74 Å². The minimum absolute atomic E-state index is 0.0963. The maximum Gasteiger partial charge on any atom is 0.255 e. The third kappa shape index (κ3) is 3.92. The van der Waals surface area contributed by atoms with E-state index < -0.39 is 0 Å². The monoisotopic (exact) mass is 278 g/mol. The molecule has 0 saturated carbocycles. The quantitative estimate of drug-likeness (QED) is 0.792. The Labute approximate surface area is 116 Å². The number of H-pyrrole nitrogens is 1. The van der Waals surface area contributed by atoms with E-state index in [9.17, 15) is 4.79 Å². The average molecular weight is 278 g/mol. The molecule has 0 aliphatic rings. The van der Waals surface area contributed by atoms with Gasteiger partial charge in [-0.25, -0.2) is 4.98 Å². The molecule has 0 bridgehead atoms. The summed E-state index contributed by atoms with van der Waals surface area (Å²) in [6.07, 6.45) is 5.46. The molecule has 2 aromatic heterocycles. The van der Waals surface area contributed by atoms with Crippen LogP contribution in [0, 0.1) is 0 Å². The molecule has 5 heteroatoms. The number of aromatic amines is 1. The van der Waals surface area contributed by atoms with Crippen LogP contribution in [0.25, 0.3) is 0 Å². The maximum atomic E-state index is 11.9. The first kappa shape index (κ1) is 13.8. The van der Waals surface area contributed by atoms with E-state index >= 15 is 0 Å². The zero-order chi connectivity index (χ0) is 13.5. The Morgan fingerprint density at radius 3 is 3.05 bits per heavy atom. The lowest BCUT2D eigenvalue weighted by Gasteiger charge is -2.09. The molecular formula is C14H18N2O2S. The van der Waals surface area contributed by atoms with Gasteiger partial charge >= 0.3 is 0 Å². The van der Waals surface area contributed by atoms with Gasteiger partial charge in [0.2, 0.25) is 0 Å². The minimum atomic E-state index is -0.0963.